The lowest BCUT2D eigenvalue weighted by molar-refractivity contribution is -0.129. The van der Waals surface area contributed by atoms with E-state index in [1.54, 1.807) is 23.1 Å². The summed E-state index contributed by atoms with van der Waals surface area (Å²) < 4.78 is 0. The summed E-state index contributed by atoms with van der Waals surface area (Å²) in [6.07, 6.45) is 1.95. The van der Waals surface area contributed by atoms with Crippen LogP contribution in [0.5, 0.6) is 0 Å². The highest BCUT2D eigenvalue weighted by atomic mass is 35.5. The van der Waals surface area contributed by atoms with Crippen LogP contribution in [0.1, 0.15) is 25.3 Å². The van der Waals surface area contributed by atoms with E-state index in [2.05, 4.69) is 17.4 Å². The summed E-state index contributed by atoms with van der Waals surface area (Å²) in [4.78, 5) is 25.7. The second-order valence-corrected chi connectivity index (χ2v) is 6.78. The number of amides is 2. The van der Waals surface area contributed by atoms with Crippen LogP contribution < -0.4 is 5.32 Å². The zero-order valence-corrected chi connectivity index (χ0v) is 16.2. The van der Waals surface area contributed by atoms with Crippen molar-refractivity contribution in [2.24, 2.45) is 0 Å². The largest absolute Gasteiger partial charge is 0.342 e. The Bertz CT molecular complexity index is 751. The molecule has 0 aromatic heterocycles. The molecule has 0 saturated heterocycles. The summed E-state index contributed by atoms with van der Waals surface area (Å²) in [7, 11) is 0. The molecule has 0 atom stereocenters. The monoisotopic (exact) mass is 392 g/mol. The molecule has 138 valence electrons. The van der Waals surface area contributed by atoms with E-state index in [9.17, 15) is 9.59 Å². The fraction of sp³-hybridized carbons (Fsp3) is 0.300. The molecular weight excluding hydrogens is 371 g/mol. The normalized spacial score (nSPS) is 10.4. The van der Waals surface area contributed by atoms with Gasteiger partial charge in [-0.2, -0.15) is 0 Å². The zero-order valence-electron chi connectivity index (χ0n) is 14.7. The van der Waals surface area contributed by atoms with Crippen LogP contribution in [0.3, 0.4) is 0 Å². The summed E-state index contributed by atoms with van der Waals surface area (Å²) in [6.45, 7) is 2.51. The summed E-state index contributed by atoms with van der Waals surface area (Å²) in [6, 6.07) is 15.2. The number of aryl methyl sites for hydroxylation is 1. The third-order valence-corrected chi connectivity index (χ3v) is 4.84. The molecular formula is C20H22Cl2N2O2. The van der Waals surface area contributed by atoms with E-state index in [1.165, 1.54) is 12.5 Å². The number of hydrogen-bond donors (Lipinski definition) is 1. The second kappa shape index (κ2) is 10.2. The van der Waals surface area contributed by atoms with Crippen LogP contribution in [-0.2, 0) is 16.0 Å². The van der Waals surface area contributed by atoms with Gasteiger partial charge in [0.25, 0.3) is 0 Å². The molecule has 0 heterocycles. The summed E-state index contributed by atoms with van der Waals surface area (Å²) in [5, 5.41) is 3.43. The smallest absolute Gasteiger partial charge is 0.226 e. The molecule has 0 aliphatic rings. The van der Waals surface area contributed by atoms with Gasteiger partial charge in [0.05, 0.1) is 15.7 Å². The van der Waals surface area contributed by atoms with Gasteiger partial charge in [0.15, 0.2) is 0 Å². The van der Waals surface area contributed by atoms with Crippen LogP contribution >= 0.6 is 23.2 Å². The van der Waals surface area contributed by atoms with Crippen molar-refractivity contribution in [1.82, 2.24) is 4.90 Å². The molecule has 0 bridgehead atoms. The van der Waals surface area contributed by atoms with Crippen molar-refractivity contribution in [3.05, 3.63) is 64.1 Å². The van der Waals surface area contributed by atoms with Gasteiger partial charge in [-0.15, -0.1) is 0 Å². The van der Waals surface area contributed by atoms with Crippen molar-refractivity contribution >= 4 is 40.7 Å². The number of nitrogens with one attached hydrogen (secondary N) is 1. The first kappa shape index (κ1) is 20.3. The van der Waals surface area contributed by atoms with Crippen LogP contribution in [-0.4, -0.2) is 29.8 Å². The van der Waals surface area contributed by atoms with E-state index in [4.69, 9.17) is 23.2 Å². The quantitative estimate of drug-likeness (QED) is 0.700. The predicted octanol–water partition coefficient (Wildman–Crippen LogP) is 4.80. The summed E-state index contributed by atoms with van der Waals surface area (Å²) in [5.41, 5.74) is 1.71. The maximum absolute atomic E-state index is 12.1. The minimum atomic E-state index is -0.205. The van der Waals surface area contributed by atoms with Gasteiger partial charge >= 0.3 is 0 Å². The SMILES string of the molecule is CC(=O)N(CCCc1ccccc1)CCC(=O)Nc1cccc(Cl)c1Cl. The van der Waals surface area contributed by atoms with Crippen molar-refractivity contribution in [2.45, 2.75) is 26.2 Å². The topological polar surface area (TPSA) is 49.4 Å². The Morgan fingerprint density at radius 2 is 1.73 bits per heavy atom. The lowest BCUT2D eigenvalue weighted by Crippen LogP contribution is -2.33. The molecule has 2 rings (SSSR count). The molecule has 0 aliphatic carbocycles. The third-order valence-electron chi connectivity index (χ3n) is 4.02. The van der Waals surface area contributed by atoms with Gasteiger partial charge in [0.1, 0.15) is 0 Å². The number of carbonyl (C=O) groups is 2. The Morgan fingerprint density at radius 3 is 2.42 bits per heavy atom. The van der Waals surface area contributed by atoms with E-state index in [0.717, 1.165) is 12.8 Å². The zero-order chi connectivity index (χ0) is 18.9. The third kappa shape index (κ3) is 6.36. The average Bonchev–Trinajstić information content (AvgIpc) is 2.62. The number of benzene rings is 2. The molecule has 1 N–H and O–H groups in total. The first-order valence-corrected chi connectivity index (χ1v) is 9.26. The molecule has 0 aliphatic heterocycles. The second-order valence-electron chi connectivity index (χ2n) is 5.99. The minimum Gasteiger partial charge on any atom is -0.342 e. The predicted molar refractivity (Wildman–Crippen MR) is 107 cm³/mol. The molecule has 0 unspecified atom stereocenters. The van der Waals surface area contributed by atoms with Crippen molar-refractivity contribution in [3.8, 4) is 0 Å². The highest BCUT2D eigenvalue weighted by molar-refractivity contribution is 6.43. The van der Waals surface area contributed by atoms with E-state index >= 15 is 0 Å². The van der Waals surface area contributed by atoms with Gasteiger partial charge in [-0.25, -0.2) is 0 Å². The Kier molecular flexibility index (Phi) is 7.95. The molecule has 0 fully saturated rings. The van der Waals surface area contributed by atoms with Crippen LogP contribution in [0, 0.1) is 0 Å². The molecule has 2 aromatic rings. The molecule has 6 heteroatoms. The first-order valence-electron chi connectivity index (χ1n) is 8.50. The number of anilines is 1. The molecule has 2 amide bonds. The van der Waals surface area contributed by atoms with Crippen molar-refractivity contribution < 1.29 is 9.59 Å². The van der Waals surface area contributed by atoms with Gasteiger partial charge in [0.2, 0.25) is 11.8 Å². The summed E-state index contributed by atoms with van der Waals surface area (Å²) >= 11 is 12.0. The lowest BCUT2D eigenvalue weighted by atomic mass is 10.1. The van der Waals surface area contributed by atoms with Crippen LogP contribution in [0.25, 0.3) is 0 Å². The number of nitrogens with zero attached hydrogens (tertiary/aromatic N) is 1. The van der Waals surface area contributed by atoms with Crippen LogP contribution in [0.2, 0.25) is 10.0 Å². The Hall–Kier alpha value is -2.04. The Labute approximate surface area is 164 Å². The highest BCUT2D eigenvalue weighted by Gasteiger charge is 2.13. The average molecular weight is 393 g/mol. The summed E-state index contributed by atoms with van der Waals surface area (Å²) in [5.74, 6) is -0.241. The van der Waals surface area contributed by atoms with E-state index in [-0.39, 0.29) is 18.2 Å². The fourth-order valence-electron chi connectivity index (χ4n) is 2.59. The Morgan fingerprint density at radius 1 is 1.00 bits per heavy atom. The molecule has 0 saturated carbocycles. The van der Waals surface area contributed by atoms with Gasteiger partial charge in [-0.3, -0.25) is 9.59 Å². The van der Waals surface area contributed by atoms with Gasteiger partial charge in [0, 0.05) is 26.4 Å². The molecule has 4 nitrogen and oxygen atoms in total. The van der Waals surface area contributed by atoms with Crippen LogP contribution in [0.15, 0.2) is 48.5 Å². The maximum atomic E-state index is 12.1. The number of carbonyl (C=O) groups excluding carboxylic acids is 2. The lowest BCUT2D eigenvalue weighted by Gasteiger charge is -2.21. The highest BCUT2D eigenvalue weighted by Crippen LogP contribution is 2.29. The van der Waals surface area contributed by atoms with Gasteiger partial charge in [-0.05, 0) is 30.5 Å². The van der Waals surface area contributed by atoms with E-state index in [1.807, 2.05) is 18.2 Å². The number of halogens is 2. The molecule has 2 aromatic carbocycles. The minimum absolute atomic E-state index is 0.0355. The Balaban J connectivity index is 1.81. The molecule has 26 heavy (non-hydrogen) atoms. The van der Waals surface area contributed by atoms with E-state index < -0.39 is 0 Å². The van der Waals surface area contributed by atoms with Crippen molar-refractivity contribution in [3.63, 3.8) is 0 Å². The molecule has 0 radical (unpaired) electrons. The van der Waals surface area contributed by atoms with Crippen molar-refractivity contribution in [1.29, 1.82) is 0 Å². The van der Waals surface area contributed by atoms with Gasteiger partial charge < -0.3 is 10.2 Å². The maximum Gasteiger partial charge on any atom is 0.226 e. The first-order chi connectivity index (χ1) is 12.5. The number of hydrogen-bond acceptors (Lipinski definition) is 2. The van der Waals surface area contributed by atoms with Crippen molar-refractivity contribution in [2.75, 3.05) is 18.4 Å². The number of rotatable bonds is 8. The van der Waals surface area contributed by atoms with E-state index in [0.29, 0.717) is 28.8 Å². The standard InChI is InChI=1S/C20H22Cl2N2O2/c1-15(25)24(13-6-9-16-7-3-2-4-8-16)14-12-19(26)23-18-11-5-10-17(21)20(18)22/h2-5,7-8,10-11H,6,9,12-14H2,1H3,(H,23,26). The van der Waals surface area contributed by atoms with Crippen LogP contribution in [0.4, 0.5) is 5.69 Å². The fourth-order valence-corrected chi connectivity index (χ4v) is 2.94. The van der Waals surface area contributed by atoms with Gasteiger partial charge in [-0.1, -0.05) is 59.6 Å². The molecule has 0 spiro atoms.